The quantitative estimate of drug-likeness (QED) is 0.0112. The minimum atomic E-state index is -1.96. The van der Waals surface area contributed by atoms with Crippen LogP contribution in [0.25, 0.3) is 0 Å². The Morgan fingerprint density at radius 1 is 0.857 bits per heavy atom. The van der Waals surface area contributed by atoms with Crippen molar-refractivity contribution in [2.45, 2.75) is 87.8 Å². The highest BCUT2D eigenvalue weighted by molar-refractivity contribution is 7.44. The molecular weight excluding hydrogens is 964 g/mol. The van der Waals surface area contributed by atoms with Crippen LogP contribution in [-0.2, 0) is 50.0 Å². The van der Waals surface area contributed by atoms with Crippen molar-refractivity contribution in [1.82, 2.24) is 14.2 Å². The highest BCUT2D eigenvalue weighted by Gasteiger charge is 2.51. The maximum atomic E-state index is 13.6. The summed E-state index contributed by atoms with van der Waals surface area (Å²) < 4.78 is 53.4. The lowest BCUT2D eigenvalue weighted by Gasteiger charge is -2.37. The summed E-state index contributed by atoms with van der Waals surface area (Å²) in [6.45, 7) is 7.58. The van der Waals surface area contributed by atoms with Gasteiger partial charge >= 0.3 is 5.69 Å². The van der Waals surface area contributed by atoms with Crippen LogP contribution in [0.15, 0.2) is 125 Å². The molecule has 0 saturated carbocycles. The van der Waals surface area contributed by atoms with E-state index in [-0.39, 0.29) is 45.1 Å². The van der Waals surface area contributed by atoms with Crippen LogP contribution in [0.4, 0.5) is 5.69 Å². The lowest BCUT2D eigenvalue weighted by atomic mass is 9.80. The fourth-order valence-electron chi connectivity index (χ4n) is 8.00. The molecule has 1 fully saturated rings. The van der Waals surface area contributed by atoms with Crippen LogP contribution in [-0.4, -0.2) is 96.6 Å². The molecule has 70 heavy (non-hydrogen) atoms. The van der Waals surface area contributed by atoms with E-state index in [1.54, 1.807) is 45.5 Å². The number of aromatic nitrogens is 2. The Morgan fingerprint density at radius 2 is 1.46 bits per heavy atom. The molecule has 1 N–H and O–H groups in total. The number of benzene rings is 4. The van der Waals surface area contributed by atoms with E-state index in [1.165, 1.54) is 21.7 Å². The van der Waals surface area contributed by atoms with Crippen molar-refractivity contribution >= 4 is 43.3 Å². The van der Waals surface area contributed by atoms with Gasteiger partial charge in [-0.2, -0.15) is 9.94 Å². The summed E-state index contributed by atoms with van der Waals surface area (Å²) in [4.78, 5) is 47.3. The van der Waals surface area contributed by atoms with Crippen molar-refractivity contribution in [3.05, 3.63) is 158 Å². The number of rotatable bonds is 25. The van der Waals surface area contributed by atoms with Gasteiger partial charge in [-0.3, -0.25) is 19.1 Å². The number of carbonyl (C=O) groups excluding carboxylic acids is 1. The number of amides is 1. The standard InChI is InChI=1S/C50H58Cl2N5O12P/c1-33(2)57(34(3)4)70(66-29-11-27-53)69-68-44-42(31-65-50(36-12-9-8-10-13-36,37-16-22-40(61-6)23-17-37)38-18-24-41(62-7)25-19-38)67-48(56-28-26-43(58)54-49(56)60)45(44)64-32-63-30-35-14-20-39(21-15-35)55(5)47(59)46(51)52/h8-10,12-26,28,33-34,42,44-46,48H,11,29-32H2,1-7H3,(H,54,58,60)/t42-,44-,45-,48-,70?/m1/s1. The maximum Gasteiger partial charge on any atom is 0.330 e. The molecule has 1 aliphatic heterocycles. The Morgan fingerprint density at radius 3 is 2.00 bits per heavy atom. The number of H-pyrrole nitrogens is 1. The van der Waals surface area contributed by atoms with E-state index in [0.29, 0.717) is 17.2 Å². The molecule has 1 aliphatic rings. The number of nitriles is 1. The molecule has 20 heteroatoms. The lowest BCUT2D eigenvalue weighted by molar-refractivity contribution is -0.285. The van der Waals surface area contributed by atoms with Crippen molar-refractivity contribution in [2.75, 3.05) is 46.2 Å². The van der Waals surface area contributed by atoms with E-state index >= 15 is 0 Å². The maximum absolute atomic E-state index is 13.6. The summed E-state index contributed by atoms with van der Waals surface area (Å²) in [5.74, 6) is 0.801. The van der Waals surface area contributed by atoms with Gasteiger partial charge in [-0.15, -0.1) is 0 Å². The number of alkyl halides is 2. The summed E-state index contributed by atoms with van der Waals surface area (Å²) in [7, 11) is 2.79. The molecule has 17 nitrogen and oxygen atoms in total. The van der Waals surface area contributed by atoms with Gasteiger partial charge in [0.1, 0.15) is 36.1 Å². The number of ether oxygens (including phenoxy) is 6. The summed E-state index contributed by atoms with van der Waals surface area (Å²) in [6.07, 6.45) is -3.20. The van der Waals surface area contributed by atoms with Gasteiger partial charge < -0.3 is 37.8 Å². The number of anilines is 1. The van der Waals surface area contributed by atoms with Crippen molar-refractivity contribution in [3.8, 4) is 17.6 Å². The molecule has 1 unspecified atom stereocenters. The number of nitrogens with one attached hydrogen (secondary N) is 1. The predicted molar refractivity (Wildman–Crippen MR) is 265 cm³/mol. The topological polar surface area (TPSA) is 185 Å². The molecule has 0 aliphatic carbocycles. The second-order valence-electron chi connectivity index (χ2n) is 16.5. The molecule has 0 spiro atoms. The van der Waals surface area contributed by atoms with Crippen LogP contribution < -0.4 is 25.6 Å². The first-order valence-electron chi connectivity index (χ1n) is 22.4. The minimum absolute atomic E-state index is 0.0647. The number of carbonyl (C=O) groups is 1. The van der Waals surface area contributed by atoms with Crippen LogP contribution >= 0.6 is 31.7 Å². The Balaban J connectivity index is 1.40. The number of aromatic amines is 1. The Hall–Kier alpha value is -5.19. The van der Waals surface area contributed by atoms with Crippen molar-refractivity contribution in [2.24, 2.45) is 0 Å². The average molecular weight is 1020 g/mol. The molecule has 0 bridgehead atoms. The Labute approximate surface area is 418 Å². The molecule has 0 radical (unpaired) electrons. The molecule has 1 amide bonds. The number of halogens is 2. The van der Waals surface area contributed by atoms with E-state index in [1.807, 2.05) is 111 Å². The molecule has 1 saturated heterocycles. The second-order valence-corrected chi connectivity index (χ2v) is 19.0. The van der Waals surface area contributed by atoms with Crippen LogP contribution in [0.2, 0.25) is 0 Å². The third kappa shape index (κ3) is 13.2. The Bertz CT molecular complexity index is 2530. The SMILES string of the molecule is COc1ccc(C(OC[C@H]2O[C@@H](n3ccc(=O)[nH]c3=O)[C@H](OCOCc3ccc(N(C)C(=O)C(Cl)Cl)cc3)[C@@H]2OOP(OCCC#N)N(C(C)C)C(C)C)(c2ccccc2)c2ccc(OC)cc2)cc1. The number of nitrogens with zero attached hydrogens (tertiary/aromatic N) is 4. The van der Waals surface area contributed by atoms with Crippen LogP contribution in [0.5, 0.6) is 11.5 Å². The molecule has 5 atom stereocenters. The summed E-state index contributed by atoms with van der Waals surface area (Å²) in [5, 5.41) is 9.40. The zero-order chi connectivity index (χ0) is 50.4. The van der Waals surface area contributed by atoms with Crippen molar-refractivity contribution in [1.29, 1.82) is 5.26 Å². The van der Waals surface area contributed by atoms with E-state index < -0.39 is 60.7 Å². The van der Waals surface area contributed by atoms with Gasteiger partial charge in [0.2, 0.25) is 0 Å². The summed E-state index contributed by atoms with van der Waals surface area (Å²) in [5.41, 5.74) is 0.912. The summed E-state index contributed by atoms with van der Waals surface area (Å²) >= 11 is 11.6. The van der Waals surface area contributed by atoms with Gasteiger partial charge in [-0.05, 0) is 86.3 Å². The van der Waals surface area contributed by atoms with Gasteiger partial charge in [0.15, 0.2) is 17.2 Å². The second kappa shape index (κ2) is 25.8. The van der Waals surface area contributed by atoms with Gasteiger partial charge in [0.05, 0.1) is 46.5 Å². The third-order valence-electron chi connectivity index (χ3n) is 11.4. The van der Waals surface area contributed by atoms with Gasteiger partial charge in [-0.1, -0.05) is 89.9 Å². The van der Waals surface area contributed by atoms with E-state index in [2.05, 4.69) is 11.1 Å². The van der Waals surface area contributed by atoms with E-state index in [0.717, 1.165) is 22.3 Å². The van der Waals surface area contributed by atoms with Gasteiger partial charge in [0.25, 0.3) is 20.0 Å². The molecule has 4 aromatic carbocycles. The van der Waals surface area contributed by atoms with Gasteiger partial charge in [-0.25, -0.2) is 14.4 Å². The first-order chi connectivity index (χ1) is 33.7. The zero-order valence-corrected chi connectivity index (χ0v) is 42.3. The smallest absolute Gasteiger partial charge is 0.330 e. The highest BCUT2D eigenvalue weighted by Crippen LogP contribution is 2.48. The molecule has 6 rings (SSSR count). The molecule has 2 heterocycles. The van der Waals surface area contributed by atoms with E-state index in [9.17, 15) is 19.6 Å². The minimum Gasteiger partial charge on any atom is -0.497 e. The highest BCUT2D eigenvalue weighted by atomic mass is 35.5. The summed E-state index contributed by atoms with van der Waals surface area (Å²) in [6, 6.07) is 34.9. The first-order valence-corrected chi connectivity index (χ1v) is 24.4. The zero-order valence-electron chi connectivity index (χ0n) is 39.9. The van der Waals surface area contributed by atoms with Crippen LogP contribution in [0.1, 0.15) is 62.6 Å². The lowest BCUT2D eigenvalue weighted by Crippen LogP contribution is -2.43. The van der Waals surface area contributed by atoms with Gasteiger partial charge in [0, 0.05) is 37.1 Å². The fraction of sp³-hybridized carbons (Fsp3) is 0.400. The van der Waals surface area contributed by atoms with E-state index in [4.69, 9.17) is 65.7 Å². The van der Waals surface area contributed by atoms with Crippen LogP contribution in [0, 0.1) is 11.3 Å². The Kier molecular flexibility index (Phi) is 19.9. The number of hydrogen-bond donors (Lipinski definition) is 1. The average Bonchev–Trinajstić information content (AvgIpc) is 3.70. The number of hydrogen-bond acceptors (Lipinski definition) is 14. The van der Waals surface area contributed by atoms with Crippen molar-refractivity contribution < 1.29 is 47.3 Å². The first kappa shape index (κ1) is 54.1. The van der Waals surface area contributed by atoms with Crippen molar-refractivity contribution in [3.63, 3.8) is 0 Å². The third-order valence-corrected chi connectivity index (χ3v) is 13.7. The predicted octanol–water partition coefficient (Wildman–Crippen LogP) is 8.38. The van der Waals surface area contributed by atoms with Crippen LogP contribution in [0.3, 0.4) is 0 Å². The molecule has 5 aromatic rings. The molecule has 374 valence electrons. The largest absolute Gasteiger partial charge is 0.497 e. The molecule has 1 aromatic heterocycles. The molecular formula is C50H58Cl2N5O12P. The fourth-order valence-corrected chi connectivity index (χ4v) is 9.72. The number of methoxy groups -OCH3 is 2. The monoisotopic (exact) mass is 1020 g/mol. The normalized spacial score (nSPS) is 17.5.